The molecule has 82 valence electrons. The molecule has 3 N–H and O–H groups in total. The largest absolute Gasteiger partial charge is 0.471 e. The van der Waals surface area contributed by atoms with E-state index in [4.69, 9.17) is 5.11 Å². The van der Waals surface area contributed by atoms with Gasteiger partial charge in [0.2, 0.25) is 0 Å². The van der Waals surface area contributed by atoms with Crippen molar-refractivity contribution in [2.75, 3.05) is 13.1 Å². The summed E-state index contributed by atoms with van der Waals surface area (Å²) in [5.74, 6) is -2.02. The molecule has 0 saturated heterocycles. The van der Waals surface area contributed by atoms with Crippen LogP contribution in [0, 0.1) is 0 Å². The van der Waals surface area contributed by atoms with Crippen molar-refractivity contribution in [2.45, 2.75) is 12.6 Å². The van der Waals surface area contributed by atoms with Crippen LogP contribution >= 0.6 is 0 Å². The van der Waals surface area contributed by atoms with Gasteiger partial charge < -0.3 is 15.7 Å². The van der Waals surface area contributed by atoms with E-state index in [1.807, 2.05) is 5.32 Å². The third-order valence-corrected chi connectivity index (χ3v) is 1.17. The summed E-state index contributed by atoms with van der Waals surface area (Å²) in [4.78, 5) is 20.1. The lowest BCUT2D eigenvalue weighted by atomic mass is 10.4. The van der Waals surface area contributed by atoms with E-state index in [-0.39, 0.29) is 19.5 Å². The molecule has 0 saturated carbocycles. The van der Waals surface area contributed by atoms with E-state index >= 15 is 0 Å². The Kier molecular flexibility index (Phi) is 4.74. The number of hydrogen-bond acceptors (Lipinski definition) is 2. The Morgan fingerprint density at radius 1 is 1.14 bits per heavy atom. The topological polar surface area (TPSA) is 78.4 Å². The quantitative estimate of drug-likeness (QED) is 0.590. The van der Waals surface area contributed by atoms with Gasteiger partial charge in [0.1, 0.15) is 0 Å². The van der Waals surface area contributed by atoms with Gasteiger partial charge in [0.25, 0.3) is 0 Å². The summed E-state index contributed by atoms with van der Waals surface area (Å²) in [7, 11) is 0. The summed E-state index contributed by atoms with van der Waals surface area (Å²) < 4.78 is 34.7. The normalized spacial score (nSPS) is 10.8. The van der Waals surface area contributed by atoms with Crippen molar-refractivity contribution in [3.63, 3.8) is 0 Å². The number of carbonyl (C=O) groups is 2. The van der Waals surface area contributed by atoms with Crippen LogP contribution in [-0.4, -0.2) is 36.4 Å². The van der Waals surface area contributed by atoms with E-state index in [1.54, 1.807) is 5.32 Å². The van der Waals surface area contributed by atoms with Gasteiger partial charge >= 0.3 is 18.2 Å². The molecule has 0 aromatic carbocycles. The second kappa shape index (κ2) is 5.30. The molecule has 0 atom stereocenters. The Bertz CT molecular complexity index is 217. The fourth-order valence-corrected chi connectivity index (χ4v) is 0.586. The third-order valence-electron chi connectivity index (χ3n) is 1.17. The van der Waals surface area contributed by atoms with Crippen molar-refractivity contribution in [3.8, 4) is 0 Å². The average Bonchev–Trinajstić information content (AvgIpc) is 2.01. The van der Waals surface area contributed by atoms with Gasteiger partial charge in [-0.05, 0) is 6.42 Å². The first-order chi connectivity index (χ1) is 6.34. The molecule has 5 nitrogen and oxygen atoms in total. The highest BCUT2D eigenvalue weighted by atomic mass is 19.4. The molecule has 8 heteroatoms. The highest BCUT2D eigenvalue weighted by Gasteiger charge is 2.38. The SMILES string of the molecule is O=C(O)NCCCNC(=O)C(F)(F)F. The second-order valence-electron chi connectivity index (χ2n) is 2.34. The molecular formula is C6H9F3N2O3. The van der Waals surface area contributed by atoms with Crippen LogP contribution in [0.3, 0.4) is 0 Å². The van der Waals surface area contributed by atoms with E-state index in [9.17, 15) is 22.8 Å². The predicted octanol–water partition coefficient (Wildman–Crippen LogP) is 0.323. The molecule has 2 amide bonds. The highest BCUT2D eigenvalue weighted by molar-refractivity contribution is 5.81. The molecule has 0 radical (unpaired) electrons. The van der Waals surface area contributed by atoms with Crippen LogP contribution in [0.25, 0.3) is 0 Å². The van der Waals surface area contributed by atoms with E-state index in [0.717, 1.165) is 0 Å². The van der Waals surface area contributed by atoms with Crippen LogP contribution in [0.5, 0.6) is 0 Å². The molecule has 0 aliphatic heterocycles. The molecule has 0 rings (SSSR count). The summed E-state index contributed by atoms with van der Waals surface area (Å²) in [6.07, 6.45) is -6.04. The van der Waals surface area contributed by atoms with Crippen molar-refractivity contribution in [1.82, 2.24) is 10.6 Å². The monoisotopic (exact) mass is 214 g/mol. The van der Waals surface area contributed by atoms with Crippen LogP contribution in [0.1, 0.15) is 6.42 Å². The molecule has 0 aromatic heterocycles. The van der Waals surface area contributed by atoms with Gasteiger partial charge in [-0.25, -0.2) is 4.79 Å². The summed E-state index contributed by atoms with van der Waals surface area (Å²) in [5.41, 5.74) is 0. The number of halogens is 3. The Morgan fingerprint density at radius 2 is 1.64 bits per heavy atom. The Balaban J connectivity index is 3.46. The van der Waals surface area contributed by atoms with Crippen molar-refractivity contribution in [3.05, 3.63) is 0 Å². The Labute approximate surface area is 77.3 Å². The van der Waals surface area contributed by atoms with Gasteiger partial charge in [0, 0.05) is 13.1 Å². The van der Waals surface area contributed by atoms with Crippen LogP contribution < -0.4 is 10.6 Å². The number of nitrogens with one attached hydrogen (secondary N) is 2. The van der Waals surface area contributed by atoms with E-state index in [2.05, 4.69) is 0 Å². The molecule has 0 aliphatic rings. The molecular weight excluding hydrogens is 205 g/mol. The summed E-state index contributed by atoms with van der Waals surface area (Å²) in [6.45, 7) is -0.230. The second-order valence-corrected chi connectivity index (χ2v) is 2.34. The minimum absolute atomic E-state index is 0.00648. The number of alkyl halides is 3. The summed E-state index contributed by atoms with van der Waals surface area (Å²) >= 11 is 0. The van der Waals surface area contributed by atoms with Gasteiger partial charge in [-0.15, -0.1) is 0 Å². The standard InChI is InChI=1S/C6H9F3N2O3/c7-6(8,9)4(12)10-2-1-3-11-5(13)14/h11H,1-3H2,(H,10,12)(H,13,14). The van der Waals surface area contributed by atoms with Gasteiger partial charge in [-0.1, -0.05) is 0 Å². The highest BCUT2D eigenvalue weighted by Crippen LogP contribution is 2.13. The summed E-state index contributed by atoms with van der Waals surface area (Å²) in [6, 6.07) is 0. The van der Waals surface area contributed by atoms with Crippen LogP contribution in [0.15, 0.2) is 0 Å². The first-order valence-electron chi connectivity index (χ1n) is 3.66. The summed E-state index contributed by atoms with van der Waals surface area (Å²) in [5, 5.41) is 11.6. The maximum absolute atomic E-state index is 11.6. The number of amides is 2. The maximum Gasteiger partial charge on any atom is 0.471 e. The third kappa shape index (κ3) is 6.09. The smallest absolute Gasteiger partial charge is 0.465 e. The Hall–Kier alpha value is -1.47. The van der Waals surface area contributed by atoms with Gasteiger partial charge in [-0.3, -0.25) is 4.79 Å². The molecule has 0 heterocycles. The van der Waals surface area contributed by atoms with Crippen molar-refractivity contribution >= 4 is 12.0 Å². The lowest BCUT2D eigenvalue weighted by Crippen LogP contribution is -2.38. The predicted molar refractivity (Wildman–Crippen MR) is 39.7 cm³/mol. The van der Waals surface area contributed by atoms with E-state index < -0.39 is 18.2 Å². The zero-order valence-electron chi connectivity index (χ0n) is 7.02. The molecule has 0 bridgehead atoms. The molecule has 0 aliphatic carbocycles. The number of carbonyl (C=O) groups excluding carboxylic acids is 1. The lowest BCUT2D eigenvalue weighted by Gasteiger charge is -2.07. The fourth-order valence-electron chi connectivity index (χ4n) is 0.586. The number of hydrogen-bond donors (Lipinski definition) is 3. The first-order valence-corrected chi connectivity index (χ1v) is 3.66. The maximum atomic E-state index is 11.6. The zero-order chi connectivity index (χ0) is 11.2. The van der Waals surface area contributed by atoms with Crippen LogP contribution in [0.4, 0.5) is 18.0 Å². The molecule has 0 fully saturated rings. The van der Waals surface area contributed by atoms with Crippen molar-refractivity contribution < 1.29 is 27.9 Å². The number of carboxylic acid groups (broad SMARTS) is 1. The lowest BCUT2D eigenvalue weighted by molar-refractivity contribution is -0.173. The molecule has 0 unspecified atom stereocenters. The van der Waals surface area contributed by atoms with E-state index in [1.165, 1.54) is 0 Å². The average molecular weight is 214 g/mol. The first kappa shape index (κ1) is 12.5. The fraction of sp³-hybridized carbons (Fsp3) is 0.667. The zero-order valence-corrected chi connectivity index (χ0v) is 7.02. The van der Waals surface area contributed by atoms with Gasteiger partial charge in [0.15, 0.2) is 0 Å². The van der Waals surface area contributed by atoms with E-state index in [0.29, 0.717) is 0 Å². The minimum Gasteiger partial charge on any atom is -0.465 e. The Morgan fingerprint density at radius 3 is 2.07 bits per heavy atom. The van der Waals surface area contributed by atoms with Crippen LogP contribution in [0.2, 0.25) is 0 Å². The van der Waals surface area contributed by atoms with Gasteiger partial charge in [-0.2, -0.15) is 13.2 Å². The van der Waals surface area contributed by atoms with Crippen molar-refractivity contribution in [2.24, 2.45) is 0 Å². The van der Waals surface area contributed by atoms with Crippen LogP contribution in [-0.2, 0) is 4.79 Å². The molecule has 0 aromatic rings. The minimum atomic E-state index is -4.89. The molecule has 14 heavy (non-hydrogen) atoms. The van der Waals surface area contributed by atoms with Gasteiger partial charge in [0.05, 0.1) is 0 Å². The van der Waals surface area contributed by atoms with Crippen molar-refractivity contribution in [1.29, 1.82) is 0 Å². The molecule has 0 spiro atoms. The number of rotatable bonds is 4.